The lowest BCUT2D eigenvalue weighted by Gasteiger charge is -2.39. The third kappa shape index (κ3) is 6.64. The molecule has 1 heterocycles. The fraction of sp³-hybridized carbons (Fsp3) is 0.417. The second kappa shape index (κ2) is 12.0. The fourth-order valence-corrected chi connectivity index (χ4v) is 4.96. The van der Waals surface area contributed by atoms with Gasteiger partial charge >= 0.3 is 6.09 Å². The average molecular weight is 544 g/mol. The van der Waals surface area contributed by atoms with E-state index in [2.05, 4.69) is 15.5 Å². The zero-order valence-corrected chi connectivity index (χ0v) is 21.8. The van der Waals surface area contributed by atoms with Crippen molar-refractivity contribution in [3.8, 4) is 5.75 Å². The number of carbonyl (C=O) groups is 2. The van der Waals surface area contributed by atoms with E-state index in [4.69, 9.17) is 45.3 Å². The van der Waals surface area contributed by atoms with Gasteiger partial charge in [-0.05, 0) is 56.5 Å². The van der Waals surface area contributed by atoms with E-state index in [1.807, 2.05) is 6.92 Å². The summed E-state index contributed by atoms with van der Waals surface area (Å²) in [6, 6.07) is 7.55. The van der Waals surface area contributed by atoms with Gasteiger partial charge in [-0.1, -0.05) is 46.9 Å². The molecule has 2 atom stereocenters. The predicted molar refractivity (Wildman–Crippen MR) is 139 cm³/mol. The summed E-state index contributed by atoms with van der Waals surface area (Å²) in [6.45, 7) is 3.96. The molecule has 2 aromatic carbocycles. The van der Waals surface area contributed by atoms with Crippen molar-refractivity contribution in [2.45, 2.75) is 31.8 Å². The number of likely N-dealkylation sites (tertiary alicyclic amines) is 1. The molecule has 1 aliphatic heterocycles. The summed E-state index contributed by atoms with van der Waals surface area (Å²) in [6.07, 6.45) is 0.550. The number of nitrogens with two attached hydrogens (primary N) is 1. The quantitative estimate of drug-likeness (QED) is 0.345. The molecular formula is C24H29Cl3N4O4. The highest BCUT2D eigenvalue weighted by atomic mass is 35.5. The van der Waals surface area contributed by atoms with E-state index in [0.717, 1.165) is 25.9 Å². The number of anilines is 1. The van der Waals surface area contributed by atoms with Crippen LogP contribution in [-0.2, 0) is 0 Å². The number of nitrogens with zero attached hydrogens (tertiary/aromatic N) is 1. The van der Waals surface area contributed by atoms with E-state index in [0.29, 0.717) is 44.2 Å². The molecule has 8 nitrogen and oxygen atoms in total. The Morgan fingerprint density at radius 2 is 1.89 bits per heavy atom. The van der Waals surface area contributed by atoms with Crippen molar-refractivity contribution >= 4 is 52.5 Å². The summed E-state index contributed by atoms with van der Waals surface area (Å²) in [5.74, 6) is 0.365. The van der Waals surface area contributed by atoms with E-state index >= 15 is 0 Å². The number of piperidine rings is 1. The molecule has 2 unspecified atom stereocenters. The Kier molecular flexibility index (Phi) is 9.35. The number of methoxy groups -OCH3 is 1. The first kappa shape index (κ1) is 27.2. The van der Waals surface area contributed by atoms with Gasteiger partial charge in [0, 0.05) is 18.7 Å². The minimum atomic E-state index is -1.13. The first-order chi connectivity index (χ1) is 16.6. The highest BCUT2D eigenvalue weighted by Crippen LogP contribution is 2.34. The van der Waals surface area contributed by atoms with E-state index in [1.165, 1.54) is 19.2 Å². The minimum Gasteiger partial charge on any atom is -0.496 e. The van der Waals surface area contributed by atoms with Gasteiger partial charge in [-0.3, -0.25) is 9.69 Å². The molecule has 0 spiro atoms. The monoisotopic (exact) mass is 542 g/mol. The lowest BCUT2D eigenvalue weighted by molar-refractivity contribution is 0.0909. The lowest BCUT2D eigenvalue weighted by atomic mass is 9.92. The van der Waals surface area contributed by atoms with Crippen molar-refractivity contribution in [3.05, 3.63) is 56.5 Å². The molecule has 3 rings (SSSR count). The van der Waals surface area contributed by atoms with Crippen LogP contribution in [-0.4, -0.2) is 54.8 Å². The van der Waals surface area contributed by atoms with Crippen LogP contribution in [0.5, 0.6) is 5.75 Å². The molecule has 0 aliphatic carbocycles. The molecular weight excluding hydrogens is 515 g/mol. The number of carboxylic acid groups (broad SMARTS) is 1. The molecule has 1 saturated heterocycles. The highest BCUT2D eigenvalue weighted by molar-refractivity contribution is 6.42. The SMILES string of the molecule is COc1cc(N)c(Cl)cc1C(=O)NCC1CCN(C(C)C(NC(=O)O)c2cccc(Cl)c2Cl)CC1. The summed E-state index contributed by atoms with van der Waals surface area (Å²) >= 11 is 18.6. The molecule has 5 N–H and O–H groups in total. The molecule has 1 aliphatic rings. The minimum absolute atomic E-state index is 0.154. The van der Waals surface area contributed by atoms with Crippen molar-refractivity contribution in [2.75, 3.05) is 32.5 Å². The lowest BCUT2D eigenvalue weighted by Crippen LogP contribution is -2.48. The molecule has 2 amide bonds. The van der Waals surface area contributed by atoms with Gasteiger partial charge in [0.25, 0.3) is 5.91 Å². The van der Waals surface area contributed by atoms with Gasteiger partial charge in [-0.2, -0.15) is 0 Å². The van der Waals surface area contributed by atoms with Gasteiger partial charge in [-0.25, -0.2) is 4.79 Å². The number of halogens is 3. The summed E-state index contributed by atoms with van der Waals surface area (Å²) in [5.41, 5.74) is 7.11. The van der Waals surface area contributed by atoms with Gasteiger partial charge in [0.2, 0.25) is 0 Å². The van der Waals surface area contributed by atoms with E-state index < -0.39 is 12.1 Å². The Hall–Kier alpha value is -2.39. The number of rotatable bonds is 8. The van der Waals surface area contributed by atoms with Crippen molar-refractivity contribution in [1.82, 2.24) is 15.5 Å². The molecule has 0 saturated carbocycles. The Morgan fingerprint density at radius 3 is 2.51 bits per heavy atom. The average Bonchev–Trinajstić information content (AvgIpc) is 2.84. The summed E-state index contributed by atoms with van der Waals surface area (Å²) in [5, 5.41) is 16.0. The topological polar surface area (TPSA) is 117 Å². The smallest absolute Gasteiger partial charge is 0.405 e. The molecule has 0 radical (unpaired) electrons. The number of nitrogens with one attached hydrogen (secondary N) is 2. The Balaban J connectivity index is 1.60. The third-order valence-corrected chi connectivity index (χ3v) is 7.58. The van der Waals surface area contributed by atoms with Crippen LogP contribution in [0.2, 0.25) is 15.1 Å². The third-order valence-electron chi connectivity index (χ3n) is 6.42. The number of nitrogen functional groups attached to an aromatic ring is 1. The van der Waals surface area contributed by atoms with Crippen LogP contribution in [0.25, 0.3) is 0 Å². The molecule has 0 bridgehead atoms. The number of ether oxygens (including phenoxy) is 1. The molecule has 11 heteroatoms. The van der Waals surface area contributed by atoms with Crippen LogP contribution in [0, 0.1) is 5.92 Å². The Bertz CT molecular complexity index is 1080. The van der Waals surface area contributed by atoms with E-state index in [-0.39, 0.29) is 17.9 Å². The van der Waals surface area contributed by atoms with Gasteiger partial charge in [0.1, 0.15) is 5.75 Å². The number of benzene rings is 2. The van der Waals surface area contributed by atoms with E-state index in [9.17, 15) is 14.7 Å². The van der Waals surface area contributed by atoms with Crippen LogP contribution < -0.4 is 21.1 Å². The molecule has 0 aromatic heterocycles. The van der Waals surface area contributed by atoms with Crippen LogP contribution in [0.4, 0.5) is 10.5 Å². The maximum absolute atomic E-state index is 12.7. The zero-order valence-electron chi connectivity index (χ0n) is 19.5. The second-order valence-electron chi connectivity index (χ2n) is 8.57. The Labute approximate surface area is 219 Å². The first-order valence-corrected chi connectivity index (χ1v) is 12.3. The van der Waals surface area contributed by atoms with Gasteiger partial charge in [-0.15, -0.1) is 0 Å². The van der Waals surface area contributed by atoms with Crippen LogP contribution >= 0.6 is 34.8 Å². The second-order valence-corrected chi connectivity index (χ2v) is 9.77. The van der Waals surface area contributed by atoms with Crippen LogP contribution in [0.3, 0.4) is 0 Å². The molecule has 190 valence electrons. The van der Waals surface area contributed by atoms with Crippen LogP contribution in [0.15, 0.2) is 30.3 Å². The van der Waals surface area contributed by atoms with Gasteiger partial charge < -0.3 is 26.2 Å². The number of hydrogen-bond acceptors (Lipinski definition) is 5. The maximum atomic E-state index is 12.7. The van der Waals surface area contributed by atoms with E-state index in [1.54, 1.807) is 18.2 Å². The zero-order chi connectivity index (χ0) is 25.7. The van der Waals surface area contributed by atoms with Crippen molar-refractivity contribution in [2.24, 2.45) is 5.92 Å². The molecule has 1 fully saturated rings. The standard InChI is InChI=1S/C24H29Cl3N4O4/c1-13(22(30-24(33)34)15-4-3-5-17(25)21(15)27)31-8-6-14(7-9-31)12-29-23(32)16-10-18(26)19(28)11-20(16)35-2/h3-5,10-11,13-14,22,30H,6-9,12,28H2,1-2H3,(H,29,32)(H,33,34). The van der Waals surface area contributed by atoms with Crippen molar-refractivity contribution in [3.63, 3.8) is 0 Å². The van der Waals surface area contributed by atoms with Crippen LogP contribution in [0.1, 0.15) is 41.7 Å². The van der Waals surface area contributed by atoms with Gasteiger partial charge in [0.05, 0.1) is 39.5 Å². The number of carbonyl (C=O) groups excluding carboxylic acids is 1. The van der Waals surface area contributed by atoms with Gasteiger partial charge in [0.15, 0.2) is 0 Å². The number of amides is 2. The largest absolute Gasteiger partial charge is 0.496 e. The Morgan fingerprint density at radius 1 is 1.20 bits per heavy atom. The summed E-state index contributed by atoms with van der Waals surface area (Å²) in [4.78, 5) is 26.4. The predicted octanol–water partition coefficient (Wildman–Crippen LogP) is 5.08. The molecule has 2 aromatic rings. The summed E-state index contributed by atoms with van der Waals surface area (Å²) in [7, 11) is 1.47. The van der Waals surface area contributed by atoms with Crippen molar-refractivity contribution in [1.29, 1.82) is 0 Å². The normalized spacial score (nSPS) is 16.4. The van der Waals surface area contributed by atoms with Crippen molar-refractivity contribution < 1.29 is 19.4 Å². The summed E-state index contributed by atoms with van der Waals surface area (Å²) < 4.78 is 5.27. The fourth-order valence-electron chi connectivity index (χ4n) is 4.37. The first-order valence-electron chi connectivity index (χ1n) is 11.2. The number of hydrogen-bond donors (Lipinski definition) is 4. The highest BCUT2D eigenvalue weighted by Gasteiger charge is 2.31. The molecule has 35 heavy (non-hydrogen) atoms. The maximum Gasteiger partial charge on any atom is 0.405 e.